The van der Waals surface area contributed by atoms with Crippen LogP contribution in [0, 0.1) is 11.8 Å². The van der Waals surface area contributed by atoms with Crippen LogP contribution in [0.3, 0.4) is 0 Å². The average Bonchev–Trinajstić information content (AvgIpc) is 1.87. The number of rotatable bonds is 1. The zero-order valence-corrected chi connectivity index (χ0v) is 10.1. The Hall–Kier alpha value is -0.0200. The molecule has 0 aliphatic heterocycles. The van der Waals surface area contributed by atoms with E-state index >= 15 is 0 Å². The zero-order valence-electron chi connectivity index (χ0n) is 9.19. The van der Waals surface area contributed by atoms with Gasteiger partial charge in [0.25, 0.3) is 0 Å². The van der Waals surface area contributed by atoms with Crippen molar-refractivity contribution in [3.8, 4) is 0 Å². The normalized spacial score (nSPS) is 8.46. The van der Waals surface area contributed by atoms with E-state index in [0.29, 0.717) is 0 Å². The summed E-state index contributed by atoms with van der Waals surface area (Å²) in [6.45, 7) is 11.6. The van der Waals surface area contributed by atoms with Crippen LogP contribution in [0.1, 0.15) is 34.6 Å². The molecule has 82 valence electrons. The Morgan fingerprint density at radius 2 is 1.23 bits per heavy atom. The fourth-order valence-corrected chi connectivity index (χ4v) is 0. The molecule has 0 saturated carbocycles. The third-order valence-electron chi connectivity index (χ3n) is 1.33. The second kappa shape index (κ2) is 14.5. The minimum absolute atomic E-state index is 0.750. The van der Waals surface area contributed by atoms with E-state index < -0.39 is 8.25 Å². The molecule has 0 amide bonds. The molecule has 0 saturated heterocycles. The summed E-state index contributed by atoms with van der Waals surface area (Å²) in [7, 11) is -2.87. The zero-order chi connectivity index (χ0) is 11.4. The van der Waals surface area contributed by atoms with Gasteiger partial charge in [-0.1, -0.05) is 34.6 Å². The molecule has 5 heteroatoms. The molecule has 4 N–H and O–H groups in total. The van der Waals surface area contributed by atoms with Crippen LogP contribution < -0.4 is 5.73 Å². The Kier molecular flexibility index (Phi) is 20.9. The number of nitrogens with two attached hydrogens (primary N) is 1. The van der Waals surface area contributed by atoms with Crippen LogP contribution in [0.4, 0.5) is 0 Å². The van der Waals surface area contributed by atoms with Gasteiger partial charge in [0.2, 0.25) is 0 Å². The molecule has 0 fully saturated rings. The van der Waals surface area contributed by atoms with Crippen molar-refractivity contribution in [3.63, 3.8) is 0 Å². The summed E-state index contributed by atoms with van der Waals surface area (Å²) in [6, 6.07) is 0. The molecule has 0 aliphatic rings. The highest BCUT2D eigenvalue weighted by Gasteiger charge is 1.95. The molecule has 0 aromatic carbocycles. The van der Waals surface area contributed by atoms with Crippen molar-refractivity contribution >= 4 is 8.25 Å². The van der Waals surface area contributed by atoms with Gasteiger partial charge in [-0.05, 0) is 18.4 Å². The smallest absolute Gasteiger partial charge is 0.331 e. The van der Waals surface area contributed by atoms with Gasteiger partial charge in [-0.25, -0.2) is 0 Å². The van der Waals surface area contributed by atoms with E-state index in [0.717, 1.165) is 18.4 Å². The van der Waals surface area contributed by atoms with E-state index in [1.807, 2.05) is 6.92 Å². The van der Waals surface area contributed by atoms with E-state index in [1.54, 1.807) is 0 Å². The number of hydrogen-bond acceptors (Lipinski definition) is 2. The fraction of sp³-hybridized carbons (Fsp3) is 1.00. The molecule has 0 aliphatic carbocycles. The highest BCUT2D eigenvalue weighted by molar-refractivity contribution is 7.30. The molecule has 0 rings (SSSR count). The first-order valence-electron chi connectivity index (χ1n) is 4.34. The lowest BCUT2D eigenvalue weighted by Gasteiger charge is -2.05. The SMILES string of the molecule is CC(C)C(C)C.CCN.O=[P+](O)O. The monoisotopic (exact) mass is 212 g/mol. The van der Waals surface area contributed by atoms with Gasteiger partial charge in [0.1, 0.15) is 0 Å². The molecule has 0 spiro atoms. The van der Waals surface area contributed by atoms with E-state index in [1.165, 1.54) is 0 Å². The maximum absolute atomic E-state index is 8.70. The Labute approximate surface area is 82.1 Å². The third kappa shape index (κ3) is 75.3. The lowest BCUT2D eigenvalue weighted by molar-refractivity contribution is 0.405. The van der Waals surface area contributed by atoms with Crippen LogP contribution in [-0.2, 0) is 4.57 Å². The highest BCUT2D eigenvalue weighted by Crippen LogP contribution is 2.05. The molecule has 0 radical (unpaired) electrons. The molecular formula is C8H23NO3P+. The Morgan fingerprint density at radius 1 is 1.15 bits per heavy atom. The van der Waals surface area contributed by atoms with Gasteiger partial charge >= 0.3 is 8.25 Å². The fourth-order valence-electron chi connectivity index (χ4n) is 0. The second-order valence-electron chi connectivity index (χ2n) is 3.15. The summed E-state index contributed by atoms with van der Waals surface area (Å²) in [4.78, 5) is 14.2. The Morgan fingerprint density at radius 3 is 1.23 bits per heavy atom. The molecular weight excluding hydrogens is 189 g/mol. The lowest BCUT2D eigenvalue weighted by atomic mass is 10.0. The van der Waals surface area contributed by atoms with E-state index in [9.17, 15) is 0 Å². The molecule has 0 aromatic rings. The van der Waals surface area contributed by atoms with Crippen molar-refractivity contribution in [3.05, 3.63) is 0 Å². The summed E-state index contributed by atoms with van der Waals surface area (Å²) in [6.07, 6.45) is 0. The van der Waals surface area contributed by atoms with Gasteiger partial charge in [0.05, 0.1) is 0 Å². The predicted octanol–water partition coefficient (Wildman–Crippen LogP) is 1.89. The van der Waals surface area contributed by atoms with Crippen molar-refractivity contribution in [2.24, 2.45) is 17.6 Å². The Bertz CT molecular complexity index is 97.6. The van der Waals surface area contributed by atoms with Crippen LogP contribution in [0.5, 0.6) is 0 Å². The van der Waals surface area contributed by atoms with E-state index in [2.05, 4.69) is 27.7 Å². The number of hydrogen-bond donors (Lipinski definition) is 3. The maximum Gasteiger partial charge on any atom is 0.692 e. The molecule has 0 bridgehead atoms. The van der Waals surface area contributed by atoms with Crippen LogP contribution in [0.2, 0.25) is 0 Å². The van der Waals surface area contributed by atoms with Crippen molar-refractivity contribution < 1.29 is 14.4 Å². The summed E-state index contributed by atoms with van der Waals surface area (Å²) in [5, 5.41) is 0. The molecule has 4 nitrogen and oxygen atoms in total. The van der Waals surface area contributed by atoms with Gasteiger partial charge < -0.3 is 5.73 Å². The third-order valence-corrected chi connectivity index (χ3v) is 1.33. The van der Waals surface area contributed by atoms with Crippen LogP contribution >= 0.6 is 8.25 Å². The van der Waals surface area contributed by atoms with Crippen LogP contribution in [-0.4, -0.2) is 16.3 Å². The first-order valence-corrected chi connectivity index (χ1v) is 5.51. The summed E-state index contributed by atoms with van der Waals surface area (Å²) < 4.78 is 8.70. The van der Waals surface area contributed by atoms with E-state index in [-0.39, 0.29) is 0 Å². The molecule has 0 heterocycles. The summed E-state index contributed by atoms with van der Waals surface area (Å²) >= 11 is 0. The summed E-state index contributed by atoms with van der Waals surface area (Å²) in [5.74, 6) is 1.70. The molecule has 0 atom stereocenters. The van der Waals surface area contributed by atoms with Crippen molar-refractivity contribution in [2.75, 3.05) is 6.54 Å². The van der Waals surface area contributed by atoms with Gasteiger partial charge in [-0.3, -0.25) is 0 Å². The minimum Gasteiger partial charge on any atom is -0.331 e. The average molecular weight is 212 g/mol. The highest BCUT2D eigenvalue weighted by atomic mass is 31.1. The van der Waals surface area contributed by atoms with Gasteiger partial charge in [-0.15, -0.1) is 9.79 Å². The largest absolute Gasteiger partial charge is 0.692 e. The molecule has 13 heavy (non-hydrogen) atoms. The van der Waals surface area contributed by atoms with Crippen molar-refractivity contribution in [1.29, 1.82) is 0 Å². The predicted molar refractivity (Wildman–Crippen MR) is 56.4 cm³/mol. The molecule has 0 unspecified atom stereocenters. The first kappa shape index (κ1) is 18.7. The molecule has 0 aromatic heterocycles. The van der Waals surface area contributed by atoms with Gasteiger partial charge in [0.15, 0.2) is 0 Å². The Balaban J connectivity index is -0.000000125. The standard InChI is InChI=1S/C6H14.C2H7N.HO3P/c1-5(2)6(3)4;1-2-3;1-4(2)3/h5-6H,1-4H3;2-3H2,1H3;(H-,1,2,3)/p+1. The van der Waals surface area contributed by atoms with Crippen molar-refractivity contribution in [1.82, 2.24) is 0 Å². The second-order valence-corrected chi connectivity index (χ2v) is 3.65. The van der Waals surface area contributed by atoms with Crippen molar-refractivity contribution in [2.45, 2.75) is 34.6 Å². The topological polar surface area (TPSA) is 83.6 Å². The maximum atomic E-state index is 8.70. The van der Waals surface area contributed by atoms with Crippen LogP contribution in [0.15, 0.2) is 0 Å². The minimum atomic E-state index is -2.87. The van der Waals surface area contributed by atoms with E-state index in [4.69, 9.17) is 20.1 Å². The summed E-state index contributed by atoms with van der Waals surface area (Å²) in [5.41, 5.74) is 4.85. The van der Waals surface area contributed by atoms with Gasteiger partial charge in [-0.2, -0.15) is 0 Å². The van der Waals surface area contributed by atoms with Gasteiger partial charge in [0, 0.05) is 4.57 Å². The quantitative estimate of drug-likeness (QED) is 0.579. The first-order chi connectivity index (χ1) is 5.79. The van der Waals surface area contributed by atoms with Crippen LogP contribution in [0.25, 0.3) is 0 Å². The lowest BCUT2D eigenvalue weighted by Crippen LogP contribution is -1.95.